The Kier molecular flexibility index (Phi) is 59.5. The molecule has 0 bridgehead atoms. The van der Waals surface area contributed by atoms with Crippen LogP contribution in [0.5, 0.6) is 0 Å². The van der Waals surface area contributed by atoms with Crippen molar-refractivity contribution < 1.29 is 161 Å². The molecular formula is C109H206F20O12. The van der Waals surface area contributed by atoms with Crippen LogP contribution in [0.2, 0.25) is 0 Å². The predicted octanol–water partition coefficient (Wildman–Crippen LogP) is 28.3. The zero-order valence-electron chi connectivity index (χ0n) is 85.5. The second kappa shape index (κ2) is 62.9. The van der Waals surface area contributed by atoms with E-state index in [0.29, 0.717) is 85.9 Å². The van der Waals surface area contributed by atoms with Gasteiger partial charge in [0, 0.05) is 8.56 Å². The highest BCUT2D eigenvalue weighted by atomic mass is 19.4. The van der Waals surface area contributed by atoms with Crippen LogP contribution in [0.4, 0.5) is 87.8 Å². The standard InChI is InChI=1S/2C28H44F6O.C27H44F4.C26H42F4.10H2O.6H2/c2*1-2-3-17-4-6-18(7-5-17)19-8-10-20(11-9-19)21-12-13-23(24(29)14-21)22-15-25(30)27(26(31)16-22)35-28(32,33)34;1-2-3-17-4-6-18(7-5-17)19-8-10-20(11-9-19)21-12-13-23(24(28)14-21)22-15-25(29)27(31)26(30)16-22;1-2-16-3-5-17(6-4-16)18-7-9-19(10-8-18)20-11-12-22(23(27)13-20)21-14-24(28)26(30)25(29)15-21;;;;;;;;;;;;;;;;/h2*17-27H,2-16H2,1H3;17-27H,2-16H2,1H3;16-26H,2-15H2,1H3;10*1H2;6*1H. The maximum absolute atomic E-state index is 15.3. The molecule has 0 aromatic carbocycles. The Morgan fingerprint density at radius 1 is 0.177 bits per heavy atom. The van der Waals surface area contributed by atoms with Crippen molar-refractivity contribution >= 4 is 0 Å². The lowest BCUT2D eigenvalue weighted by Crippen LogP contribution is -2.48. The molecule has 141 heavy (non-hydrogen) atoms. The summed E-state index contributed by atoms with van der Waals surface area (Å²) in [6, 6.07) is 0. The van der Waals surface area contributed by atoms with Crippen molar-refractivity contribution in [3.05, 3.63) is 0 Å². The minimum atomic E-state index is -5.07. The van der Waals surface area contributed by atoms with E-state index in [0.717, 1.165) is 110 Å². The summed E-state index contributed by atoms with van der Waals surface area (Å²) < 4.78 is 283. The quantitative estimate of drug-likeness (QED) is 0.101. The second-order valence-electron chi connectivity index (χ2n) is 47.6. The fraction of sp³-hybridized carbons (Fsp3) is 1.00. The van der Waals surface area contributed by atoms with Gasteiger partial charge in [-0.05, 0) is 448 Å². The molecule has 854 valence electrons. The average Bonchev–Trinajstić information content (AvgIpc) is 0.794. The molecule has 16 saturated carbocycles. The Balaban J connectivity index is -0.000000896. The van der Waals surface area contributed by atoms with Crippen LogP contribution in [0.1, 0.15) is 415 Å². The Labute approximate surface area is 840 Å². The topological polar surface area (TPSA) is 333 Å². The molecule has 16 fully saturated rings. The van der Waals surface area contributed by atoms with Crippen LogP contribution in [0.15, 0.2) is 0 Å². The molecule has 12 nitrogen and oxygen atoms in total. The third kappa shape index (κ3) is 37.0. The summed E-state index contributed by atoms with van der Waals surface area (Å²) in [6.45, 7) is 9.17. The summed E-state index contributed by atoms with van der Waals surface area (Å²) in [5.41, 5.74) is 0. The van der Waals surface area contributed by atoms with E-state index in [-0.39, 0.29) is 138 Å². The van der Waals surface area contributed by atoms with Crippen LogP contribution < -0.4 is 0 Å². The molecule has 16 rings (SSSR count). The Morgan fingerprint density at radius 3 is 0.475 bits per heavy atom. The maximum Gasteiger partial charge on any atom is 0.522 e. The van der Waals surface area contributed by atoms with Gasteiger partial charge in [-0.2, -0.15) is 0 Å². The van der Waals surface area contributed by atoms with Gasteiger partial charge in [-0.3, -0.25) is 9.47 Å². The minimum absolute atomic E-state index is 0. The fourth-order valence-electron chi connectivity index (χ4n) is 32.7. The van der Waals surface area contributed by atoms with Crippen molar-refractivity contribution in [3.8, 4) is 0 Å². The summed E-state index contributed by atoms with van der Waals surface area (Å²) in [5.74, 6) is 11.5. The molecule has 20 N–H and O–H groups in total. The highest BCUT2D eigenvalue weighted by Crippen LogP contribution is 2.57. The summed E-state index contributed by atoms with van der Waals surface area (Å²) >= 11 is 0. The number of hydrogen-bond acceptors (Lipinski definition) is 2. The number of ether oxygens (including phenoxy) is 2. The largest absolute Gasteiger partial charge is 0.522 e. The van der Waals surface area contributed by atoms with E-state index in [1.165, 1.54) is 250 Å². The first-order valence-corrected chi connectivity index (χ1v) is 55.2. The third-order valence-corrected chi connectivity index (χ3v) is 40.3. The smallest absolute Gasteiger partial charge is 0.412 e. The van der Waals surface area contributed by atoms with E-state index >= 15 is 17.6 Å². The first-order valence-electron chi connectivity index (χ1n) is 55.2. The molecule has 0 saturated heterocycles. The van der Waals surface area contributed by atoms with Gasteiger partial charge in [0.05, 0.1) is 0 Å². The van der Waals surface area contributed by atoms with E-state index in [1.54, 1.807) is 0 Å². The van der Waals surface area contributed by atoms with Crippen LogP contribution in [0.3, 0.4) is 0 Å². The molecule has 20 unspecified atom stereocenters. The first kappa shape index (κ1) is 133. The van der Waals surface area contributed by atoms with Gasteiger partial charge >= 0.3 is 12.7 Å². The van der Waals surface area contributed by atoms with Gasteiger partial charge in [-0.1, -0.05) is 124 Å². The second-order valence-corrected chi connectivity index (χ2v) is 47.6. The molecule has 0 amide bonds. The molecule has 0 radical (unpaired) electrons. The third-order valence-electron chi connectivity index (χ3n) is 40.3. The van der Waals surface area contributed by atoms with Crippen LogP contribution in [-0.2, 0) is 9.47 Å². The molecule has 32 heteroatoms. The van der Waals surface area contributed by atoms with Crippen molar-refractivity contribution in [2.45, 2.75) is 518 Å². The molecule has 0 aromatic heterocycles. The monoisotopic (exact) mass is 2090 g/mol. The Morgan fingerprint density at radius 2 is 0.319 bits per heavy atom. The van der Waals surface area contributed by atoms with E-state index in [4.69, 9.17) is 0 Å². The lowest BCUT2D eigenvalue weighted by atomic mass is 9.62. The zero-order valence-corrected chi connectivity index (χ0v) is 85.5. The van der Waals surface area contributed by atoms with Crippen molar-refractivity contribution in [3.63, 3.8) is 0 Å². The van der Waals surface area contributed by atoms with Gasteiger partial charge in [-0.15, -0.1) is 26.3 Å². The highest BCUT2D eigenvalue weighted by Gasteiger charge is 2.55. The summed E-state index contributed by atoms with van der Waals surface area (Å²) in [7, 11) is 0. The minimum Gasteiger partial charge on any atom is -0.412 e. The lowest BCUT2D eigenvalue weighted by Gasteiger charge is -2.45. The van der Waals surface area contributed by atoms with Crippen LogP contribution in [0, 0.1) is 166 Å². The summed E-state index contributed by atoms with van der Waals surface area (Å²) in [4.78, 5) is 0. The normalized spacial score (nSPS) is 44.5. The summed E-state index contributed by atoms with van der Waals surface area (Å²) in [6.07, 6.45) is 21.2. The van der Waals surface area contributed by atoms with E-state index in [9.17, 15) is 70.2 Å². The van der Waals surface area contributed by atoms with Crippen LogP contribution in [-0.4, -0.2) is 166 Å². The maximum atomic E-state index is 15.3. The van der Waals surface area contributed by atoms with Gasteiger partial charge in [0.1, 0.15) is 86.3 Å². The number of rotatable bonds is 21. The molecule has 20 atom stereocenters. The zero-order chi connectivity index (χ0) is 93.5. The molecule has 0 aromatic rings. The molecular weight excluding hydrogens is 1880 g/mol. The van der Waals surface area contributed by atoms with Gasteiger partial charge < -0.3 is 54.8 Å². The number of alkyl halides is 20. The molecule has 0 heterocycles. The highest BCUT2D eigenvalue weighted by molar-refractivity contribution is 5.02. The average molecular weight is 2090 g/mol. The van der Waals surface area contributed by atoms with E-state index in [2.05, 4.69) is 37.2 Å². The number of hydrogen-bond donors (Lipinski definition) is 0. The van der Waals surface area contributed by atoms with Crippen molar-refractivity contribution in [2.24, 2.45) is 166 Å². The summed E-state index contributed by atoms with van der Waals surface area (Å²) in [5, 5.41) is 0. The van der Waals surface area contributed by atoms with Gasteiger partial charge in [0.15, 0.2) is 12.3 Å². The van der Waals surface area contributed by atoms with Crippen molar-refractivity contribution in [1.82, 2.24) is 0 Å². The van der Waals surface area contributed by atoms with E-state index < -0.39 is 135 Å². The van der Waals surface area contributed by atoms with Crippen molar-refractivity contribution in [1.29, 1.82) is 0 Å². The lowest BCUT2D eigenvalue weighted by molar-refractivity contribution is -0.359. The predicted molar refractivity (Wildman–Crippen MR) is 532 cm³/mol. The first-order chi connectivity index (χ1) is 62.7. The SMILES string of the molecule is CCC1CCC(C2CCC(C3CCC(C4CC(F)C(F)C(F)C4)C(F)C3)CC2)CC1.CCCC1CCC(C2CCC(C3CCC(C4CC(F)C(F)C(F)C4)C(F)C3)CC2)CC1.CCCC1CCC(C2CCC(C3CCC(C4CC(F)C(OC(F)(F)F)C(F)C4)C(F)C3)CC2)CC1.CCCC1CCC(C2CCC(C3CCC(C4CC(F)C(OC(F)(F)F)C(F)C4)C(F)C3)CC2)CC1.O.O.O.O.O.O.O.O.O.O.[HH].[HH].[HH].[HH].[HH].[HH]. The van der Waals surface area contributed by atoms with Gasteiger partial charge in [0.25, 0.3) is 0 Å². The Bertz CT molecular complexity index is 3080. The van der Waals surface area contributed by atoms with Crippen LogP contribution >= 0.6 is 0 Å². The van der Waals surface area contributed by atoms with E-state index in [1.807, 2.05) is 0 Å². The van der Waals surface area contributed by atoms with Crippen molar-refractivity contribution in [2.75, 3.05) is 0 Å². The molecule has 0 aliphatic heterocycles. The van der Waals surface area contributed by atoms with Gasteiger partial charge in [-0.25, -0.2) is 61.5 Å². The molecule has 16 aliphatic carbocycles. The van der Waals surface area contributed by atoms with Crippen LogP contribution in [0.25, 0.3) is 0 Å². The molecule has 0 spiro atoms. The number of halogens is 20. The molecule has 16 aliphatic rings. The fourth-order valence-corrected chi connectivity index (χ4v) is 32.7. The van der Waals surface area contributed by atoms with Gasteiger partial charge in [0.2, 0.25) is 0 Å². The Hall–Kier alpha value is -1.88.